The maximum absolute atomic E-state index is 8.34. The van der Waals surface area contributed by atoms with Gasteiger partial charge in [0.2, 0.25) is 0 Å². The first kappa shape index (κ1) is 19.2. The Morgan fingerprint density at radius 1 is 0.800 bits per heavy atom. The number of ether oxygens (including phenoxy) is 1. The molecule has 0 aromatic rings. The number of unbranched alkanes of at least 4 members (excludes halogenated alkanes) is 9. The minimum Gasteiger partial charge on any atom is -0.380 e. The number of hydrogen-bond donors (Lipinski definition) is 0. The molecule has 0 aliphatic heterocycles. The van der Waals surface area contributed by atoms with Gasteiger partial charge in [-0.1, -0.05) is 57.6 Å². The summed E-state index contributed by atoms with van der Waals surface area (Å²) in [6, 6.07) is 2.08. The van der Waals surface area contributed by atoms with Gasteiger partial charge in [0.15, 0.2) is 0 Å². The van der Waals surface area contributed by atoms with Crippen molar-refractivity contribution in [3.05, 3.63) is 12.2 Å². The van der Waals surface area contributed by atoms with E-state index in [0.29, 0.717) is 13.0 Å². The van der Waals surface area contributed by atoms with E-state index in [9.17, 15) is 0 Å². The van der Waals surface area contributed by atoms with E-state index in [2.05, 4.69) is 25.1 Å². The lowest BCUT2D eigenvalue weighted by Gasteiger charge is -2.00. The Morgan fingerprint density at radius 3 is 2.05 bits per heavy atom. The molecule has 2 nitrogen and oxygen atoms in total. The zero-order valence-corrected chi connectivity index (χ0v) is 13.4. The molecule has 0 rings (SSSR count). The summed E-state index contributed by atoms with van der Waals surface area (Å²) in [5, 5.41) is 8.34. The van der Waals surface area contributed by atoms with Crippen LogP contribution in [0.1, 0.15) is 84.0 Å². The van der Waals surface area contributed by atoms with Crippen LogP contribution in [0.4, 0.5) is 0 Å². The van der Waals surface area contributed by atoms with Crippen LogP contribution in [0.25, 0.3) is 0 Å². The number of hydrogen-bond acceptors (Lipinski definition) is 2. The van der Waals surface area contributed by atoms with Crippen molar-refractivity contribution < 1.29 is 4.74 Å². The molecule has 0 amide bonds. The van der Waals surface area contributed by atoms with E-state index < -0.39 is 0 Å². The van der Waals surface area contributed by atoms with Gasteiger partial charge >= 0.3 is 0 Å². The van der Waals surface area contributed by atoms with Crippen molar-refractivity contribution in [2.75, 3.05) is 13.2 Å². The highest BCUT2D eigenvalue weighted by molar-refractivity contribution is 4.81. The number of nitrogens with zero attached hydrogens (tertiary/aromatic N) is 1. The van der Waals surface area contributed by atoms with Gasteiger partial charge in [0.05, 0.1) is 19.1 Å². The Kier molecular flexibility index (Phi) is 17.5. The molecule has 0 aliphatic carbocycles. The van der Waals surface area contributed by atoms with Crippen LogP contribution in [0.3, 0.4) is 0 Å². The zero-order valence-electron chi connectivity index (χ0n) is 13.4. The molecule has 0 N–H and O–H groups in total. The molecule has 0 heterocycles. The van der Waals surface area contributed by atoms with Gasteiger partial charge in [0, 0.05) is 6.61 Å². The minimum atomic E-state index is 0.515. The fourth-order valence-electron chi connectivity index (χ4n) is 2.14. The van der Waals surface area contributed by atoms with E-state index in [1.54, 1.807) is 0 Å². The number of nitriles is 1. The van der Waals surface area contributed by atoms with Crippen LogP contribution in [-0.4, -0.2) is 13.2 Å². The lowest BCUT2D eigenvalue weighted by Crippen LogP contribution is -1.95. The summed E-state index contributed by atoms with van der Waals surface area (Å²) in [5.74, 6) is 0. The molecule has 0 unspecified atom stereocenters. The van der Waals surface area contributed by atoms with Crippen LogP contribution >= 0.6 is 0 Å². The molecule has 116 valence electrons. The highest BCUT2D eigenvalue weighted by Crippen LogP contribution is 2.08. The van der Waals surface area contributed by atoms with Gasteiger partial charge in [0.25, 0.3) is 0 Å². The first-order valence-corrected chi connectivity index (χ1v) is 8.51. The predicted octanol–water partition coefficient (Wildman–Crippen LogP) is 5.78. The molecular formula is C18H33NO. The highest BCUT2D eigenvalue weighted by atomic mass is 16.5. The molecule has 0 saturated carbocycles. The Balaban J connectivity index is 3.03. The van der Waals surface area contributed by atoms with E-state index in [4.69, 9.17) is 10.00 Å². The monoisotopic (exact) mass is 279 g/mol. The summed E-state index contributed by atoms with van der Waals surface area (Å²) in [6.45, 7) is 3.67. The van der Waals surface area contributed by atoms with Crippen LogP contribution in [0, 0.1) is 11.3 Å². The molecule has 0 aromatic heterocycles. The van der Waals surface area contributed by atoms with E-state index in [1.165, 1.54) is 64.2 Å². The van der Waals surface area contributed by atoms with Gasteiger partial charge in [-0.05, 0) is 32.1 Å². The van der Waals surface area contributed by atoms with Crippen LogP contribution in [-0.2, 0) is 4.74 Å². The van der Waals surface area contributed by atoms with Crippen LogP contribution < -0.4 is 0 Å². The summed E-state index contributed by atoms with van der Waals surface area (Å²) in [5.41, 5.74) is 0. The zero-order chi connectivity index (χ0) is 14.7. The summed E-state index contributed by atoms with van der Waals surface area (Å²) < 4.78 is 5.33. The first-order chi connectivity index (χ1) is 9.91. The Bertz CT molecular complexity index is 242. The Hall–Kier alpha value is -0.810. The molecule has 0 atom stereocenters. The van der Waals surface area contributed by atoms with Gasteiger partial charge in [-0.2, -0.15) is 5.26 Å². The summed E-state index contributed by atoms with van der Waals surface area (Å²) >= 11 is 0. The van der Waals surface area contributed by atoms with E-state index in [-0.39, 0.29) is 0 Å². The molecule has 0 bridgehead atoms. The SMILES string of the molecule is CCCCCCCC/C=C/CCCCCOCCC#N. The lowest BCUT2D eigenvalue weighted by atomic mass is 10.1. The maximum atomic E-state index is 8.34. The Morgan fingerprint density at radius 2 is 1.40 bits per heavy atom. The summed E-state index contributed by atoms with van der Waals surface area (Å²) in [6.07, 6.45) is 19.6. The molecule has 0 saturated heterocycles. The average molecular weight is 279 g/mol. The third-order valence-electron chi connectivity index (χ3n) is 3.41. The van der Waals surface area contributed by atoms with E-state index in [1.807, 2.05) is 0 Å². The summed E-state index contributed by atoms with van der Waals surface area (Å²) in [7, 11) is 0. The molecule has 20 heavy (non-hydrogen) atoms. The third-order valence-corrected chi connectivity index (χ3v) is 3.41. The smallest absolute Gasteiger partial charge is 0.0645 e. The standard InChI is InChI=1S/C18H33NO/c1-2-3-4-5-6-7-8-9-10-11-12-13-14-17-20-18-15-16-19/h9-10H,2-8,11-15,17-18H2,1H3/b10-9+. The highest BCUT2D eigenvalue weighted by Gasteiger charge is 1.90. The van der Waals surface area contributed by atoms with Crippen molar-refractivity contribution in [2.24, 2.45) is 0 Å². The van der Waals surface area contributed by atoms with Gasteiger partial charge in [-0.15, -0.1) is 0 Å². The van der Waals surface area contributed by atoms with Gasteiger partial charge < -0.3 is 4.74 Å². The fraction of sp³-hybridized carbons (Fsp3) is 0.833. The van der Waals surface area contributed by atoms with Crippen molar-refractivity contribution in [1.29, 1.82) is 5.26 Å². The molecule has 0 spiro atoms. The third kappa shape index (κ3) is 17.2. The predicted molar refractivity (Wildman–Crippen MR) is 86.7 cm³/mol. The van der Waals surface area contributed by atoms with Crippen molar-refractivity contribution in [3.8, 4) is 6.07 Å². The molecule has 0 aromatic carbocycles. The van der Waals surface area contributed by atoms with Crippen molar-refractivity contribution in [3.63, 3.8) is 0 Å². The molecule has 0 fully saturated rings. The quantitative estimate of drug-likeness (QED) is 0.281. The second kappa shape index (κ2) is 18.2. The van der Waals surface area contributed by atoms with Crippen molar-refractivity contribution >= 4 is 0 Å². The van der Waals surface area contributed by atoms with Crippen molar-refractivity contribution in [2.45, 2.75) is 84.0 Å². The van der Waals surface area contributed by atoms with E-state index in [0.717, 1.165) is 13.0 Å². The molecule has 0 radical (unpaired) electrons. The Labute approximate surface area is 126 Å². The second-order valence-electron chi connectivity index (χ2n) is 5.40. The average Bonchev–Trinajstić information content (AvgIpc) is 2.47. The number of rotatable bonds is 15. The first-order valence-electron chi connectivity index (χ1n) is 8.51. The van der Waals surface area contributed by atoms with E-state index >= 15 is 0 Å². The molecular weight excluding hydrogens is 246 g/mol. The van der Waals surface area contributed by atoms with Crippen LogP contribution in [0.15, 0.2) is 12.2 Å². The van der Waals surface area contributed by atoms with Crippen molar-refractivity contribution in [1.82, 2.24) is 0 Å². The fourth-order valence-corrected chi connectivity index (χ4v) is 2.14. The maximum Gasteiger partial charge on any atom is 0.0645 e. The molecule has 0 aliphatic rings. The van der Waals surface area contributed by atoms with Gasteiger partial charge in [0.1, 0.15) is 0 Å². The molecule has 2 heteroatoms. The topological polar surface area (TPSA) is 33.0 Å². The largest absolute Gasteiger partial charge is 0.380 e. The van der Waals surface area contributed by atoms with Crippen LogP contribution in [0.5, 0.6) is 0 Å². The summed E-state index contributed by atoms with van der Waals surface area (Å²) in [4.78, 5) is 0. The van der Waals surface area contributed by atoms with Gasteiger partial charge in [-0.25, -0.2) is 0 Å². The normalized spacial score (nSPS) is 11.0. The lowest BCUT2D eigenvalue weighted by molar-refractivity contribution is 0.135. The number of allylic oxidation sites excluding steroid dienone is 2. The van der Waals surface area contributed by atoms with Gasteiger partial charge in [-0.3, -0.25) is 0 Å². The second-order valence-corrected chi connectivity index (χ2v) is 5.40. The van der Waals surface area contributed by atoms with Crippen LogP contribution in [0.2, 0.25) is 0 Å². The minimum absolute atomic E-state index is 0.515.